The number of carbonyl (C=O) groups excluding carboxylic acids is 2. The van der Waals surface area contributed by atoms with Crippen molar-refractivity contribution in [1.29, 1.82) is 0 Å². The van der Waals surface area contributed by atoms with Crippen LogP contribution in [0.1, 0.15) is 37.9 Å². The van der Waals surface area contributed by atoms with E-state index in [4.69, 9.17) is 4.74 Å². The minimum absolute atomic E-state index is 0.00492. The first-order valence-corrected chi connectivity index (χ1v) is 10.9. The van der Waals surface area contributed by atoms with Crippen LogP contribution < -0.4 is 4.74 Å². The quantitative estimate of drug-likeness (QED) is 0.363. The van der Waals surface area contributed by atoms with E-state index in [1.165, 1.54) is 17.0 Å². The summed E-state index contributed by atoms with van der Waals surface area (Å²) in [6.07, 6.45) is 0. The molecule has 1 amide bonds. The minimum Gasteiger partial charge on any atom is -0.507 e. The number of likely N-dealkylation sites (N-methyl/N-ethyl adjacent to an activating group) is 1. The fourth-order valence-corrected chi connectivity index (χ4v) is 3.92. The lowest BCUT2D eigenvalue weighted by atomic mass is 9.95. The molecule has 0 bridgehead atoms. The number of likely N-dealkylation sites (tertiary alicyclic amines) is 1. The molecule has 7 heteroatoms. The van der Waals surface area contributed by atoms with Crippen molar-refractivity contribution in [3.63, 3.8) is 0 Å². The largest absolute Gasteiger partial charge is 0.507 e. The van der Waals surface area contributed by atoms with Crippen LogP contribution >= 0.6 is 0 Å². The summed E-state index contributed by atoms with van der Waals surface area (Å²) in [4.78, 5) is 29.6. The Balaban J connectivity index is 2.05. The van der Waals surface area contributed by atoms with E-state index in [1.807, 2.05) is 20.8 Å². The molecular weight excluding hydrogens is 411 g/mol. The number of benzene rings is 2. The number of hydrogen-bond acceptors (Lipinski definition) is 5. The Morgan fingerprint density at radius 1 is 1.03 bits per heavy atom. The Labute approximate surface area is 187 Å². The monoisotopic (exact) mass is 440 g/mol. The molecule has 0 saturated carbocycles. The molecule has 0 unspecified atom stereocenters. The fourth-order valence-electron chi connectivity index (χ4n) is 3.92. The molecule has 1 saturated heterocycles. The van der Waals surface area contributed by atoms with E-state index in [2.05, 4.69) is 4.90 Å². The number of carbonyl (C=O) groups is 2. The molecule has 170 valence electrons. The predicted molar refractivity (Wildman–Crippen MR) is 121 cm³/mol. The lowest BCUT2D eigenvalue weighted by Crippen LogP contribution is -2.38. The van der Waals surface area contributed by atoms with Crippen LogP contribution in [0.15, 0.2) is 54.1 Å². The zero-order valence-corrected chi connectivity index (χ0v) is 18.7. The summed E-state index contributed by atoms with van der Waals surface area (Å²) in [5.74, 6) is -1.45. The Morgan fingerprint density at radius 3 is 2.22 bits per heavy atom. The highest BCUT2D eigenvalue weighted by molar-refractivity contribution is 6.46. The van der Waals surface area contributed by atoms with Crippen LogP contribution in [0.4, 0.5) is 4.39 Å². The van der Waals surface area contributed by atoms with Crippen molar-refractivity contribution in [2.24, 2.45) is 0 Å². The minimum atomic E-state index is -0.794. The average Bonchev–Trinajstić information content (AvgIpc) is 3.05. The number of amides is 1. The first-order valence-electron chi connectivity index (χ1n) is 10.9. The number of ether oxygens (including phenoxy) is 1. The fraction of sp³-hybridized carbons (Fsp3) is 0.360. The van der Waals surface area contributed by atoms with Gasteiger partial charge in [0.15, 0.2) is 0 Å². The third kappa shape index (κ3) is 4.83. The summed E-state index contributed by atoms with van der Waals surface area (Å²) in [7, 11) is 0. The molecule has 0 radical (unpaired) electrons. The summed E-state index contributed by atoms with van der Waals surface area (Å²) in [5, 5.41) is 11.1. The van der Waals surface area contributed by atoms with Gasteiger partial charge >= 0.3 is 0 Å². The average molecular weight is 441 g/mol. The van der Waals surface area contributed by atoms with Crippen LogP contribution in [-0.4, -0.2) is 59.4 Å². The maximum Gasteiger partial charge on any atom is 0.295 e. The van der Waals surface area contributed by atoms with E-state index in [0.29, 0.717) is 36.6 Å². The number of hydrogen-bond donors (Lipinski definition) is 1. The molecule has 1 heterocycles. The van der Waals surface area contributed by atoms with Crippen molar-refractivity contribution in [2.45, 2.75) is 26.8 Å². The van der Waals surface area contributed by atoms with Gasteiger partial charge in [-0.15, -0.1) is 0 Å². The molecule has 1 aliphatic heterocycles. The van der Waals surface area contributed by atoms with Gasteiger partial charge in [-0.1, -0.05) is 26.0 Å². The topological polar surface area (TPSA) is 70.1 Å². The maximum absolute atomic E-state index is 13.6. The number of ketones is 1. The molecular formula is C25H29FN2O4. The molecule has 6 nitrogen and oxygen atoms in total. The van der Waals surface area contributed by atoms with Crippen LogP contribution in [0, 0.1) is 5.82 Å². The van der Waals surface area contributed by atoms with Crippen molar-refractivity contribution in [1.82, 2.24) is 9.80 Å². The van der Waals surface area contributed by atoms with Gasteiger partial charge in [-0.05, 0) is 62.0 Å². The highest BCUT2D eigenvalue weighted by atomic mass is 19.1. The summed E-state index contributed by atoms with van der Waals surface area (Å²) in [5.41, 5.74) is 0.977. The highest BCUT2D eigenvalue weighted by Crippen LogP contribution is 2.39. The van der Waals surface area contributed by atoms with Gasteiger partial charge in [0.1, 0.15) is 17.3 Å². The van der Waals surface area contributed by atoms with Gasteiger partial charge in [-0.2, -0.15) is 0 Å². The van der Waals surface area contributed by atoms with E-state index in [9.17, 15) is 19.1 Å². The number of aliphatic hydroxyl groups is 1. The third-order valence-electron chi connectivity index (χ3n) is 5.72. The molecule has 3 rings (SSSR count). The van der Waals surface area contributed by atoms with Crippen molar-refractivity contribution in [3.05, 3.63) is 71.0 Å². The van der Waals surface area contributed by atoms with Gasteiger partial charge in [0.25, 0.3) is 11.7 Å². The number of rotatable bonds is 9. The molecule has 1 atom stereocenters. The molecule has 1 N–H and O–H groups in total. The molecule has 2 aromatic carbocycles. The van der Waals surface area contributed by atoms with E-state index < -0.39 is 23.5 Å². The molecule has 1 fully saturated rings. The van der Waals surface area contributed by atoms with Gasteiger partial charge in [0.05, 0.1) is 18.2 Å². The molecule has 2 aromatic rings. The van der Waals surface area contributed by atoms with Crippen molar-refractivity contribution in [3.8, 4) is 5.75 Å². The second kappa shape index (κ2) is 10.4. The molecule has 0 aromatic heterocycles. The summed E-state index contributed by atoms with van der Waals surface area (Å²) in [6, 6.07) is 11.6. The van der Waals surface area contributed by atoms with Gasteiger partial charge < -0.3 is 19.6 Å². The Bertz CT molecular complexity index is 982. The Kier molecular flexibility index (Phi) is 7.64. The van der Waals surface area contributed by atoms with Crippen LogP contribution in [-0.2, 0) is 9.59 Å². The summed E-state index contributed by atoms with van der Waals surface area (Å²) < 4.78 is 19.0. The van der Waals surface area contributed by atoms with E-state index >= 15 is 0 Å². The van der Waals surface area contributed by atoms with Crippen LogP contribution in [0.2, 0.25) is 0 Å². The van der Waals surface area contributed by atoms with E-state index in [1.54, 1.807) is 36.4 Å². The van der Waals surface area contributed by atoms with Crippen molar-refractivity contribution >= 4 is 17.4 Å². The van der Waals surface area contributed by atoms with Gasteiger partial charge in [-0.3, -0.25) is 9.59 Å². The lowest BCUT2D eigenvalue weighted by molar-refractivity contribution is -0.140. The predicted octanol–water partition coefficient (Wildman–Crippen LogP) is 3.99. The van der Waals surface area contributed by atoms with E-state index in [-0.39, 0.29) is 11.3 Å². The highest BCUT2D eigenvalue weighted by Gasteiger charge is 2.45. The number of aliphatic hydroxyl groups excluding tert-OH is 1. The first-order chi connectivity index (χ1) is 15.4. The number of halogens is 1. The van der Waals surface area contributed by atoms with Crippen LogP contribution in [0.5, 0.6) is 5.75 Å². The number of nitrogens with zero attached hydrogens (tertiary/aromatic N) is 2. The Morgan fingerprint density at radius 2 is 1.66 bits per heavy atom. The lowest BCUT2D eigenvalue weighted by Gasteiger charge is -2.28. The zero-order valence-electron chi connectivity index (χ0n) is 18.7. The molecule has 0 aliphatic carbocycles. The van der Waals surface area contributed by atoms with Gasteiger partial charge in [0.2, 0.25) is 0 Å². The molecule has 1 aliphatic rings. The third-order valence-corrected chi connectivity index (χ3v) is 5.72. The van der Waals surface area contributed by atoms with Crippen molar-refractivity contribution in [2.75, 3.05) is 32.8 Å². The van der Waals surface area contributed by atoms with E-state index in [0.717, 1.165) is 13.1 Å². The van der Waals surface area contributed by atoms with Crippen LogP contribution in [0.25, 0.3) is 5.76 Å². The van der Waals surface area contributed by atoms with Crippen molar-refractivity contribution < 1.29 is 23.8 Å². The smallest absolute Gasteiger partial charge is 0.295 e. The summed E-state index contributed by atoms with van der Waals surface area (Å²) in [6.45, 7) is 8.96. The maximum atomic E-state index is 13.6. The first kappa shape index (κ1) is 23.5. The SMILES string of the molecule is CCOc1ccc(C(O)=C2C(=O)C(=O)N(CCN(CC)CC)[C@H]2c2ccc(F)cc2)cc1. The second-order valence-corrected chi connectivity index (χ2v) is 7.53. The Hall–Kier alpha value is -3.19. The standard InChI is InChI=1S/C25H29FN2O4/c1-4-27(5-2)15-16-28-22(17-7-11-19(26)12-8-17)21(24(30)25(28)31)23(29)18-9-13-20(14-10-18)32-6-3/h7-14,22,29H,4-6,15-16H2,1-3H3/t22-/m0/s1. The summed E-state index contributed by atoms with van der Waals surface area (Å²) >= 11 is 0. The molecule has 0 spiro atoms. The second-order valence-electron chi connectivity index (χ2n) is 7.53. The number of Topliss-reactive ketones (excluding diaryl/α,β-unsaturated/α-hetero) is 1. The van der Waals surface area contributed by atoms with Crippen LogP contribution in [0.3, 0.4) is 0 Å². The van der Waals surface area contributed by atoms with Gasteiger partial charge in [-0.25, -0.2) is 4.39 Å². The zero-order chi connectivity index (χ0) is 23.3. The normalized spacial score (nSPS) is 17.9. The van der Waals surface area contributed by atoms with Gasteiger partial charge in [0, 0.05) is 18.7 Å². The molecule has 32 heavy (non-hydrogen) atoms.